The summed E-state index contributed by atoms with van der Waals surface area (Å²) in [7, 11) is 0. The van der Waals surface area contributed by atoms with E-state index in [0.717, 1.165) is 36.9 Å². The van der Waals surface area contributed by atoms with Crippen LogP contribution in [0.15, 0.2) is 59.0 Å². The molecule has 5 heteroatoms. The van der Waals surface area contributed by atoms with E-state index in [2.05, 4.69) is 12.1 Å². The summed E-state index contributed by atoms with van der Waals surface area (Å²) in [5.41, 5.74) is 5.82. The third-order valence-corrected chi connectivity index (χ3v) is 5.13. The molecule has 1 aliphatic rings. The number of hydrogen-bond donors (Lipinski definition) is 1. The van der Waals surface area contributed by atoms with Gasteiger partial charge in [-0.25, -0.2) is 0 Å². The van der Waals surface area contributed by atoms with Crippen LogP contribution in [-0.4, -0.2) is 29.9 Å². The minimum absolute atomic E-state index is 0.0814. The van der Waals surface area contributed by atoms with Gasteiger partial charge in [-0.2, -0.15) is 0 Å². The third-order valence-electron chi connectivity index (χ3n) is 5.13. The Morgan fingerprint density at radius 2 is 1.96 bits per heavy atom. The number of benzene rings is 2. The number of rotatable bonds is 5. The summed E-state index contributed by atoms with van der Waals surface area (Å²) in [6.45, 7) is 1.51. The molecular formula is C22H24N2O3. The molecule has 1 atom stereocenters. The van der Waals surface area contributed by atoms with E-state index >= 15 is 0 Å². The lowest BCUT2D eigenvalue weighted by Gasteiger charge is -2.34. The second kappa shape index (κ2) is 7.84. The summed E-state index contributed by atoms with van der Waals surface area (Å²) < 4.78 is 11.6. The van der Waals surface area contributed by atoms with Crippen LogP contribution in [-0.2, 0) is 6.61 Å². The van der Waals surface area contributed by atoms with Gasteiger partial charge in [0, 0.05) is 19.1 Å². The number of nitrogens with two attached hydrogens (primary N) is 1. The van der Waals surface area contributed by atoms with Crippen LogP contribution in [0, 0.1) is 0 Å². The van der Waals surface area contributed by atoms with E-state index in [0.29, 0.717) is 18.1 Å². The molecule has 1 fully saturated rings. The fourth-order valence-corrected chi connectivity index (χ4v) is 3.64. The summed E-state index contributed by atoms with van der Waals surface area (Å²) in [6.07, 6.45) is 3.09. The molecule has 0 bridgehead atoms. The number of hydrogen-bond acceptors (Lipinski definition) is 4. The highest BCUT2D eigenvalue weighted by atomic mass is 16.5. The van der Waals surface area contributed by atoms with E-state index < -0.39 is 0 Å². The van der Waals surface area contributed by atoms with Crippen molar-refractivity contribution in [3.8, 4) is 5.75 Å². The Morgan fingerprint density at radius 1 is 1.11 bits per heavy atom. The molecule has 2 N–H and O–H groups in total. The van der Waals surface area contributed by atoms with Crippen LogP contribution < -0.4 is 10.5 Å². The highest BCUT2D eigenvalue weighted by Crippen LogP contribution is 2.23. The molecule has 1 aliphatic heterocycles. The standard InChI is InChI=1S/C22H24N2O3/c23-14-18-7-3-4-12-24(18)22(25)21-11-10-20(27-21)15-26-19-9-8-16-5-1-2-6-17(16)13-19/h1-2,5-6,8-11,13,18H,3-4,7,12,14-15,23H2. The number of nitrogens with zero attached hydrogens (tertiary/aromatic N) is 1. The molecule has 4 rings (SSSR count). The molecule has 5 nitrogen and oxygen atoms in total. The van der Waals surface area contributed by atoms with Gasteiger partial charge in [0.2, 0.25) is 0 Å². The van der Waals surface area contributed by atoms with Crippen molar-refractivity contribution in [3.63, 3.8) is 0 Å². The molecule has 1 aromatic heterocycles. The van der Waals surface area contributed by atoms with Crippen molar-refractivity contribution in [3.05, 3.63) is 66.1 Å². The lowest BCUT2D eigenvalue weighted by Crippen LogP contribution is -2.47. The van der Waals surface area contributed by atoms with Gasteiger partial charge in [0.1, 0.15) is 18.1 Å². The number of furan rings is 1. The fraction of sp³-hybridized carbons (Fsp3) is 0.318. The summed E-state index contributed by atoms with van der Waals surface area (Å²) >= 11 is 0. The number of piperidine rings is 1. The van der Waals surface area contributed by atoms with Crippen molar-refractivity contribution in [2.75, 3.05) is 13.1 Å². The smallest absolute Gasteiger partial charge is 0.289 e. The van der Waals surface area contributed by atoms with Crippen LogP contribution in [0.5, 0.6) is 5.75 Å². The van der Waals surface area contributed by atoms with E-state index in [9.17, 15) is 4.79 Å². The number of fused-ring (bicyclic) bond motifs is 1. The topological polar surface area (TPSA) is 68.7 Å². The lowest BCUT2D eigenvalue weighted by atomic mass is 10.0. The molecular weight excluding hydrogens is 340 g/mol. The first-order chi connectivity index (χ1) is 13.2. The van der Waals surface area contributed by atoms with Crippen LogP contribution in [0.4, 0.5) is 0 Å². The number of carbonyl (C=O) groups is 1. The van der Waals surface area contributed by atoms with Crippen molar-refractivity contribution >= 4 is 16.7 Å². The Morgan fingerprint density at radius 3 is 2.81 bits per heavy atom. The van der Waals surface area contributed by atoms with Crippen LogP contribution >= 0.6 is 0 Å². The molecule has 2 heterocycles. The molecule has 1 unspecified atom stereocenters. The average Bonchev–Trinajstić information content (AvgIpc) is 3.20. The predicted molar refractivity (Wildman–Crippen MR) is 105 cm³/mol. The average molecular weight is 364 g/mol. The van der Waals surface area contributed by atoms with E-state index in [1.54, 1.807) is 12.1 Å². The van der Waals surface area contributed by atoms with Crippen molar-refractivity contribution in [1.29, 1.82) is 0 Å². The Balaban J connectivity index is 1.42. The number of ether oxygens (including phenoxy) is 1. The van der Waals surface area contributed by atoms with E-state index in [4.69, 9.17) is 14.9 Å². The maximum absolute atomic E-state index is 12.7. The van der Waals surface area contributed by atoms with E-state index in [-0.39, 0.29) is 18.6 Å². The second-order valence-corrected chi connectivity index (χ2v) is 6.95. The summed E-state index contributed by atoms with van der Waals surface area (Å²) in [5.74, 6) is 1.68. The highest BCUT2D eigenvalue weighted by Gasteiger charge is 2.28. The molecule has 0 spiro atoms. The molecule has 0 saturated carbocycles. The summed E-state index contributed by atoms with van der Waals surface area (Å²) in [5, 5.41) is 2.30. The number of amides is 1. The van der Waals surface area contributed by atoms with Crippen molar-refractivity contribution in [2.45, 2.75) is 31.9 Å². The zero-order valence-electron chi connectivity index (χ0n) is 15.3. The predicted octanol–water partition coefficient (Wildman–Crippen LogP) is 3.97. The normalized spacial score (nSPS) is 17.2. The van der Waals surface area contributed by atoms with Gasteiger partial charge in [-0.3, -0.25) is 4.79 Å². The third kappa shape index (κ3) is 3.83. The van der Waals surface area contributed by atoms with Gasteiger partial charge in [0.05, 0.1) is 0 Å². The molecule has 27 heavy (non-hydrogen) atoms. The van der Waals surface area contributed by atoms with Crippen LogP contribution in [0.1, 0.15) is 35.6 Å². The largest absolute Gasteiger partial charge is 0.486 e. The second-order valence-electron chi connectivity index (χ2n) is 6.95. The van der Waals surface area contributed by atoms with Crippen molar-refractivity contribution in [1.82, 2.24) is 4.90 Å². The molecule has 2 aromatic carbocycles. The molecule has 140 valence electrons. The summed E-state index contributed by atoms with van der Waals surface area (Å²) in [6, 6.07) is 17.8. The van der Waals surface area contributed by atoms with Gasteiger partial charge >= 0.3 is 0 Å². The zero-order chi connectivity index (χ0) is 18.6. The number of carbonyl (C=O) groups excluding carboxylic acids is 1. The molecule has 0 aliphatic carbocycles. The van der Waals surface area contributed by atoms with Crippen LogP contribution in [0.3, 0.4) is 0 Å². The fourth-order valence-electron chi connectivity index (χ4n) is 3.64. The SMILES string of the molecule is NCC1CCCCN1C(=O)c1ccc(COc2ccc3ccccc3c2)o1. The minimum Gasteiger partial charge on any atom is -0.486 e. The van der Waals surface area contributed by atoms with Gasteiger partial charge in [-0.15, -0.1) is 0 Å². The monoisotopic (exact) mass is 364 g/mol. The minimum atomic E-state index is -0.0814. The maximum Gasteiger partial charge on any atom is 0.289 e. The van der Waals surface area contributed by atoms with Crippen molar-refractivity contribution < 1.29 is 13.9 Å². The molecule has 0 radical (unpaired) electrons. The van der Waals surface area contributed by atoms with Gasteiger partial charge in [0.15, 0.2) is 5.76 Å². The first-order valence-electron chi connectivity index (χ1n) is 9.46. The van der Waals surface area contributed by atoms with Gasteiger partial charge in [0.25, 0.3) is 5.91 Å². The van der Waals surface area contributed by atoms with Crippen LogP contribution in [0.2, 0.25) is 0 Å². The number of likely N-dealkylation sites (tertiary alicyclic amines) is 1. The first-order valence-corrected chi connectivity index (χ1v) is 9.46. The van der Waals surface area contributed by atoms with Crippen molar-refractivity contribution in [2.24, 2.45) is 5.73 Å². The molecule has 3 aromatic rings. The Hall–Kier alpha value is -2.79. The Labute approximate surface area is 158 Å². The highest BCUT2D eigenvalue weighted by molar-refractivity contribution is 5.91. The van der Waals surface area contributed by atoms with Gasteiger partial charge < -0.3 is 19.8 Å². The van der Waals surface area contributed by atoms with Crippen LogP contribution in [0.25, 0.3) is 10.8 Å². The quantitative estimate of drug-likeness (QED) is 0.744. The molecule has 1 saturated heterocycles. The van der Waals surface area contributed by atoms with E-state index in [1.807, 2.05) is 35.2 Å². The molecule has 1 amide bonds. The van der Waals surface area contributed by atoms with E-state index in [1.165, 1.54) is 5.39 Å². The van der Waals surface area contributed by atoms with Gasteiger partial charge in [-0.1, -0.05) is 30.3 Å². The zero-order valence-corrected chi connectivity index (χ0v) is 15.3. The first kappa shape index (κ1) is 17.6. The lowest BCUT2D eigenvalue weighted by molar-refractivity contribution is 0.0587. The Bertz CT molecular complexity index is 934. The summed E-state index contributed by atoms with van der Waals surface area (Å²) in [4.78, 5) is 14.6. The maximum atomic E-state index is 12.7. The Kier molecular flexibility index (Phi) is 5.12. The van der Waals surface area contributed by atoms with Gasteiger partial charge in [-0.05, 0) is 54.3 Å².